The lowest BCUT2D eigenvalue weighted by Crippen LogP contribution is -2.48. The number of anilines is 1. The maximum atomic E-state index is 12.2. The third kappa shape index (κ3) is 4.60. The third-order valence-electron chi connectivity index (χ3n) is 3.05. The summed E-state index contributed by atoms with van der Waals surface area (Å²) in [5, 5.41) is 4.98. The van der Waals surface area contributed by atoms with E-state index in [0.29, 0.717) is 5.75 Å². The maximum absolute atomic E-state index is 12.2. The summed E-state index contributed by atoms with van der Waals surface area (Å²) in [6.07, 6.45) is 0.329. The van der Waals surface area contributed by atoms with E-state index in [1.54, 1.807) is 20.8 Å². The minimum absolute atomic E-state index is 0.0590. The summed E-state index contributed by atoms with van der Waals surface area (Å²) in [4.78, 5) is 24.1. The molecule has 1 heterocycles. The Bertz CT molecular complexity index is 767. The second-order valence-corrected chi connectivity index (χ2v) is 8.44. The highest BCUT2D eigenvalue weighted by Crippen LogP contribution is 2.29. The zero-order valence-electron chi connectivity index (χ0n) is 13.9. The van der Waals surface area contributed by atoms with Crippen molar-refractivity contribution in [2.24, 2.45) is 0 Å². The number of benzene rings is 1. The summed E-state index contributed by atoms with van der Waals surface area (Å²) in [7, 11) is -3.42. The zero-order chi connectivity index (χ0) is 18.1. The molecule has 2 N–H and O–H groups in total. The Kier molecular flexibility index (Phi) is 4.75. The number of carbonyl (C=O) groups excluding carboxylic acids is 2. The van der Waals surface area contributed by atoms with Gasteiger partial charge in [-0.1, -0.05) is 0 Å². The van der Waals surface area contributed by atoms with Gasteiger partial charge in [0.1, 0.15) is 24.0 Å². The average molecular weight is 356 g/mol. The molecular formula is C15H20N2O6S. The first-order valence-electron chi connectivity index (χ1n) is 7.23. The minimum Gasteiger partial charge on any atom is -0.489 e. The topological polar surface area (TPSA) is 111 Å². The summed E-state index contributed by atoms with van der Waals surface area (Å²) in [6.45, 7) is 5.02. The minimum atomic E-state index is -3.42. The van der Waals surface area contributed by atoms with Crippen LogP contribution in [0, 0.1) is 0 Å². The first-order valence-corrected chi connectivity index (χ1v) is 9.12. The van der Waals surface area contributed by atoms with Crippen LogP contribution in [0.2, 0.25) is 0 Å². The highest BCUT2D eigenvalue weighted by molar-refractivity contribution is 7.90. The Morgan fingerprint density at radius 2 is 2.04 bits per heavy atom. The summed E-state index contributed by atoms with van der Waals surface area (Å²) < 4.78 is 33.8. The van der Waals surface area contributed by atoms with Gasteiger partial charge in [0.2, 0.25) is 0 Å². The molecule has 1 aliphatic rings. The number of amides is 2. The van der Waals surface area contributed by atoms with Crippen LogP contribution in [0.3, 0.4) is 0 Å². The zero-order valence-corrected chi connectivity index (χ0v) is 14.7. The third-order valence-corrected chi connectivity index (χ3v) is 4.16. The molecule has 2 amide bonds. The van der Waals surface area contributed by atoms with Crippen LogP contribution in [0.15, 0.2) is 23.1 Å². The molecule has 0 unspecified atom stereocenters. The smallest absolute Gasteiger partial charge is 0.408 e. The summed E-state index contributed by atoms with van der Waals surface area (Å²) in [5.74, 6) is -0.200. The predicted octanol–water partition coefficient (Wildman–Crippen LogP) is 1.31. The number of carbonyl (C=O) groups is 2. The molecule has 0 bridgehead atoms. The molecule has 2 rings (SSSR count). The number of sulfone groups is 1. The van der Waals surface area contributed by atoms with Gasteiger partial charge >= 0.3 is 6.09 Å². The van der Waals surface area contributed by atoms with Crippen LogP contribution in [0.25, 0.3) is 0 Å². The number of hydrogen-bond donors (Lipinski definition) is 2. The van der Waals surface area contributed by atoms with E-state index in [2.05, 4.69) is 10.6 Å². The second-order valence-electron chi connectivity index (χ2n) is 6.43. The van der Waals surface area contributed by atoms with Crippen LogP contribution in [0.4, 0.5) is 10.5 Å². The van der Waals surface area contributed by atoms with Gasteiger partial charge in [-0.25, -0.2) is 13.2 Å². The normalized spacial score (nSPS) is 17.8. The lowest BCUT2D eigenvalue weighted by Gasteiger charge is -2.22. The molecule has 1 aromatic carbocycles. The fourth-order valence-electron chi connectivity index (χ4n) is 1.99. The van der Waals surface area contributed by atoms with Gasteiger partial charge in [-0.3, -0.25) is 4.79 Å². The van der Waals surface area contributed by atoms with Crippen LogP contribution < -0.4 is 15.4 Å². The van der Waals surface area contributed by atoms with Crippen molar-refractivity contribution < 1.29 is 27.5 Å². The SMILES string of the molecule is CC(C)(C)OC(=O)N[C@H]1COc2ccc(S(C)(=O)=O)cc2NC1=O. The van der Waals surface area contributed by atoms with Crippen LogP contribution in [-0.4, -0.2) is 44.9 Å². The van der Waals surface area contributed by atoms with Crippen molar-refractivity contribution in [1.82, 2.24) is 5.32 Å². The van der Waals surface area contributed by atoms with Crippen molar-refractivity contribution >= 4 is 27.5 Å². The first kappa shape index (κ1) is 18.1. The van der Waals surface area contributed by atoms with Gasteiger partial charge in [0.05, 0.1) is 10.6 Å². The maximum Gasteiger partial charge on any atom is 0.408 e. The van der Waals surface area contributed by atoms with E-state index < -0.39 is 33.5 Å². The molecule has 132 valence electrons. The van der Waals surface area contributed by atoms with Crippen LogP contribution in [0.5, 0.6) is 5.75 Å². The molecule has 8 nitrogen and oxygen atoms in total. The van der Waals surface area contributed by atoms with E-state index in [9.17, 15) is 18.0 Å². The lowest BCUT2D eigenvalue weighted by molar-refractivity contribution is -0.118. The average Bonchev–Trinajstić information content (AvgIpc) is 2.55. The van der Waals surface area contributed by atoms with Crippen molar-refractivity contribution in [1.29, 1.82) is 0 Å². The summed E-state index contributed by atoms with van der Waals surface area (Å²) >= 11 is 0. The number of nitrogens with one attached hydrogen (secondary N) is 2. The van der Waals surface area contributed by atoms with Crippen molar-refractivity contribution in [3.8, 4) is 5.75 Å². The predicted molar refractivity (Wildman–Crippen MR) is 86.8 cm³/mol. The Morgan fingerprint density at radius 1 is 1.38 bits per heavy atom. The van der Waals surface area contributed by atoms with Gasteiger partial charge in [-0.05, 0) is 39.0 Å². The van der Waals surface area contributed by atoms with Gasteiger partial charge in [0, 0.05) is 6.26 Å². The number of rotatable bonds is 2. The van der Waals surface area contributed by atoms with Crippen molar-refractivity contribution in [2.45, 2.75) is 37.3 Å². The molecule has 0 radical (unpaired) electrons. The van der Waals surface area contributed by atoms with E-state index in [-0.39, 0.29) is 17.2 Å². The molecule has 1 aliphatic heterocycles. The monoisotopic (exact) mass is 356 g/mol. The highest BCUT2D eigenvalue weighted by Gasteiger charge is 2.28. The van der Waals surface area contributed by atoms with Gasteiger partial charge in [-0.2, -0.15) is 0 Å². The Labute approximate surface area is 140 Å². The lowest BCUT2D eigenvalue weighted by atomic mass is 10.2. The van der Waals surface area contributed by atoms with E-state index in [1.807, 2.05) is 0 Å². The van der Waals surface area contributed by atoms with E-state index in [0.717, 1.165) is 6.26 Å². The molecule has 0 saturated carbocycles. The second kappa shape index (κ2) is 6.31. The molecule has 24 heavy (non-hydrogen) atoms. The quantitative estimate of drug-likeness (QED) is 0.827. The van der Waals surface area contributed by atoms with E-state index >= 15 is 0 Å². The van der Waals surface area contributed by atoms with Crippen molar-refractivity contribution in [2.75, 3.05) is 18.2 Å². The molecule has 0 aromatic heterocycles. The van der Waals surface area contributed by atoms with Crippen LogP contribution in [0.1, 0.15) is 20.8 Å². The van der Waals surface area contributed by atoms with Crippen molar-refractivity contribution in [3.05, 3.63) is 18.2 Å². The van der Waals surface area contributed by atoms with Gasteiger partial charge in [0.25, 0.3) is 5.91 Å². The standard InChI is InChI=1S/C15H20N2O6S/c1-15(2,3)23-14(19)17-11-8-22-12-6-5-9(24(4,20)21)7-10(12)16-13(11)18/h5-7,11H,8H2,1-4H3,(H,16,18)(H,17,19)/t11-/m0/s1. The molecule has 0 fully saturated rings. The Balaban J connectivity index is 2.15. The van der Waals surface area contributed by atoms with E-state index in [4.69, 9.17) is 9.47 Å². The largest absolute Gasteiger partial charge is 0.489 e. The molecule has 0 saturated heterocycles. The van der Waals surface area contributed by atoms with Gasteiger partial charge in [0.15, 0.2) is 9.84 Å². The molecule has 1 atom stereocenters. The van der Waals surface area contributed by atoms with Gasteiger partial charge < -0.3 is 20.1 Å². The fourth-order valence-corrected chi connectivity index (χ4v) is 2.64. The summed E-state index contributed by atoms with van der Waals surface area (Å²) in [5.41, 5.74) is -0.462. The number of ether oxygens (including phenoxy) is 2. The number of hydrogen-bond acceptors (Lipinski definition) is 6. The molecule has 9 heteroatoms. The fraction of sp³-hybridized carbons (Fsp3) is 0.467. The number of fused-ring (bicyclic) bond motifs is 1. The van der Waals surface area contributed by atoms with Gasteiger partial charge in [-0.15, -0.1) is 0 Å². The molecule has 0 aliphatic carbocycles. The molecule has 1 aromatic rings. The van der Waals surface area contributed by atoms with Crippen LogP contribution >= 0.6 is 0 Å². The first-order chi connectivity index (χ1) is 11.0. The Hall–Kier alpha value is -2.29. The Morgan fingerprint density at radius 3 is 2.62 bits per heavy atom. The summed E-state index contributed by atoms with van der Waals surface area (Å²) in [6, 6.07) is 3.20. The molecular weight excluding hydrogens is 336 g/mol. The highest BCUT2D eigenvalue weighted by atomic mass is 32.2. The number of alkyl carbamates (subject to hydrolysis) is 1. The van der Waals surface area contributed by atoms with Crippen LogP contribution in [-0.2, 0) is 19.4 Å². The molecule has 0 spiro atoms. The van der Waals surface area contributed by atoms with E-state index in [1.165, 1.54) is 18.2 Å². The van der Waals surface area contributed by atoms with Crippen molar-refractivity contribution in [3.63, 3.8) is 0 Å².